The summed E-state index contributed by atoms with van der Waals surface area (Å²) in [6.07, 6.45) is 4.21. The number of piperazine rings is 1. The van der Waals surface area contributed by atoms with Gasteiger partial charge in [0.2, 0.25) is 0 Å². The molecule has 1 aliphatic heterocycles. The highest BCUT2D eigenvalue weighted by Crippen LogP contribution is 2.25. The van der Waals surface area contributed by atoms with Crippen LogP contribution in [0.1, 0.15) is 47.2 Å². The summed E-state index contributed by atoms with van der Waals surface area (Å²) >= 11 is 0. The first-order chi connectivity index (χ1) is 15.0. The number of nitrogens with one attached hydrogen (secondary N) is 1. The molecule has 2 aliphatic rings. The fourth-order valence-corrected chi connectivity index (χ4v) is 4.31. The number of benzene rings is 2. The number of carbonyl (C=O) groups excluding carboxylic acids is 3. The van der Waals surface area contributed by atoms with Crippen LogP contribution in [0.2, 0.25) is 0 Å². The van der Waals surface area contributed by atoms with Crippen LogP contribution in [0, 0.1) is 5.82 Å². The van der Waals surface area contributed by atoms with Gasteiger partial charge in [-0.25, -0.2) is 4.39 Å². The SMILES string of the molecule is O=C(NCc1ccccc1F)c1ccc(CN2CCN(C3CCCC3)C(=O)C2=O)cc1. The molecule has 31 heavy (non-hydrogen) atoms. The molecule has 162 valence electrons. The molecule has 6 nitrogen and oxygen atoms in total. The van der Waals surface area contributed by atoms with Crippen molar-refractivity contribution >= 4 is 17.7 Å². The van der Waals surface area contributed by atoms with Gasteiger partial charge in [-0.2, -0.15) is 0 Å². The lowest BCUT2D eigenvalue weighted by molar-refractivity contribution is -0.158. The standard InChI is InChI=1S/C24H26FN3O3/c25-21-8-4-1-5-19(21)15-26-22(29)18-11-9-17(10-12-18)16-27-13-14-28(24(31)23(27)30)20-6-2-3-7-20/h1,4-5,8-12,20H,2-3,6-7,13-16H2,(H,26,29). The van der Waals surface area contributed by atoms with Gasteiger partial charge >= 0.3 is 11.8 Å². The molecule has 0 aromatic heterocycles. The van der Waals surface area contributed by atoms with Gasteiger partial charge in [0.1, 0.15) is 5.82 Å². The van der Waals surface area contributed by atoms with Crippen LogP contribution in [0.25, 0.3) is 0 Å². The predicted molar refractivity (Wildman–Crippen MR) is 113 cm³/mol. The smallest absolute Gasteiger partial charge is 0.312 e. The van der Waals surface area contributed by atoms with Crippen molar-refractivity contribution in [3.05, 3.63) is 71.0 Å². The van der Waals surface area contributed by atoms with Crippen molar-refractivity contribution in [1.82, 2.24) is 15.1 Å². The Bertz CT molecular complexity index is 970. The van der Waals surface area contributed by atoms with E-state index >= 15 is 0 Å². The van der Waals surface area contributed by atoms with Crippen molar-refractivity contribution in [2.45, 2.75) is 44.8 Å². The van der Waals surface area contributed by atoms with E-state index in [9.17, 15) is 18.8 Å². The van der Waals surface area contributed by atoms with Gasteiger partial charge in [-0.3, -0.25) is 14.4 Å². The molecule has 0 atom stereocenters. The summed E-state index contributed by atoms with van der Waals surface area (Å²) in [5.74, 6) is -1.51. The van der Waals surface area contributed by atoms with Crippen LogP contribution in [0.4, 0.5) is 4.39 Å². The lowest BCUT2D eigenvalue weighted by Gasteiger charge is -2.37. The fourth-order valence-electron chi connectivity index (χ4n) is 4.31. The van der Waals surface area contributed by atoms with Crippen LogP contribution in [-0.4, -0.2) is 46.7 Å². The second kappa shape index (κ2) is 9.29. The molecule has 2 aromatic rings. The Morgan fingerprint density at radius 3 is 2.39 bits per heavy atom. The third kappa shape index (κ3) is 4.76. The first-order valence-electron chi connectivity index (χ1n) is 10.7. The Balaban J connectivity index is 1.32. The third-order valence-corrected chi connectivity index (χ3v) is 6.09. The summed E-state index contributed by atoms with van der Waals surface area (Å²) in [6, 6.07) is 13.4. The Kier molecular flexibility index (Phi) is 6.30. The van der Waals surface area contributed by atoms with E-state index in [0.717, 1.165) is 31.2 Å². The molecule has 1 saturated heterocycles. The zero-order chi connectivity index (χ0) is 21.8. The van der Waals surface area contributed by atoms with Crippen molar-refractivity contribution in [1.29, 1.82) is 0 Å². The lowest BCUT2D eigenvalue weighted by atomic mass is 10.1. The molecule has 4 rings (SSSR count). The van der Waals surface area contributed by atoms with Crippen molar-refractivity contribution in [3.8, 4) is 0 Å². The second-order valence-electron chi connectivity index (χ2n) is 8.13. The van der Waals surface area contributed by atoms with Gasteiger partial charge in [0.05, 0.1) is 0 Å². The van der Waals surface area contributed by atoms with Gasteiger partial charge in [0.25, 0.3) is 5.91 Å². The van der Waals surface area contributed by atoms with Gasteiger partial charge in [-0.05, 0) is 36.6 Å². The molecule has 1 aliphatic carbocycles. The van der Waals surface area contributed by atoms with E-state index in [-0.39, 0.29) is 24.3 Å². The van der Waals surface area contributed by atoms with E-state index in [1.54, 1.807) is 52.3 Å². The fraction of sp³-hybridized carbons (Fsp3) is 0.375. The van der Waals surface area contributed by atoms with Gasteiger partial charge in [-0.15, -0.1) is 0 Å². The molecule has 3 amide bonds. The summed E-state index contributed by atoms with van der Waals surface area (Å²) in [5, 5.41) is 2.71. The monoisotopic (exact) mass is 423 g/mol. The van der Waals surface area contributed by atoms with Gasteiger partial charge < -0.3 is 15.1 Å². The molecule has 2 fully saturated rings. The van der Waals surface area contributed by atoms with E-state index in [2.05, 4.69) is 5.32 Å². The van der Waals surface area contributed by atoms with Crippen LogP contribution in [0.15, 0.2) is 48.5 Å². The van der Waals surface area contributed by atoms with Gasteiger partial charge in [0, 0.05) is 43.3 Å². The van der Waals surface area contributed by atoms with Gasteiger partial charge in [0.15, 0.2) is 0 Å². The summed E-state index contributed by atoms with van der Waals surface area (Å²) in [5.41, 5.74) is 1.72. The topological polar surface area (TPSA) is 69.7 Å². The zero-order valence-electron chi connectivity index (χ0n) is 17.4. The molecular weight excluding hydrogens is 397 g/mol. The minimum absolute atomic E-state index is 0.106. The van der Waals surface area contributed by atoms with E-state index < -0.39 is 11.8 Å². The molecule has 0 radical (unpaired) electrons. The van der Waals surface area contributed by atoms with Crippen LogP contribution in [0.3, 0.4) is 0 Å². The zero-order valence-corrected chi connectivity index (χ0v) is 17.4. The number of hydrogen-bond acceptors (Lipinski definition) is 3. The summed E-state index contributed by atoms with van der Waals surface area (Å²) in [7, 11) is 0. The third-order valence-electron chi connectivity index (χ3n) is 6.09. The lowest BCUT2D eigenvalue weighted by Crippen LogP contribution is -2.56. The predicted octanol–water partition coefficient (Wildman–Crippen LogP) is 2.87. The molecule has 1 N–H and O–H groups in total. The highest BCUT2D eigenvalue weighted by Gasteiger charge is 2.37. The number of halogens is 1. The highest BCUT2D eigenvalue weighted by molar-refractivity contribution is 6.35. The van der Waals surface area contributed by atoms with E-state index in [0.29, 0.717) is 30.8 Å². The van der Waals surface area contributed by atoms with E-state index in [4.69, 9.17) is 0 Å². The minimum atomic E-state index is -0.454. The molecule has 7 heteroatoms. The first-order valence-corrected chi connectivity index (χ1v) is 10.7. The molecule has 0 unspecified atom stereocenters. The average molecular weight is 423 g/mol. The molecule has 1 heterocycles. The number of amides is 3. The number of nitrogens with zero attached hydrogens (tertiary/aromatic N) is 2. The van der Waals surface area contributed by atoms with Crippen LogP contribution in [0.5, 0.6) is 0 Å². The van der Waals surface area contributed by atoms with Crippen LogP contribution in [-0.2, 0) is 22.7 Å². The average Bonchev–Trinajstić information content (AvgIpc) is 3.31. The maximum absolute atomic E-state index is 13.7. The summed E-state index contributed by atoms with van der Waals surface area (Å²) in [4.78, 5) is 40.7. The highest BCUT2D eigenvalue weighted by atomic mass is 19.1. The minimum Gasteiger partial charge on any atom is -0.348 e. The number of hydrogen-bond donors (Lipinski definition) is 1. The van der Waals surface area contributed by atoms with E-state index in [1.807, 2.05) is 0 Å². The Labute approximate surface area is 181 Å². The normalized spacial score (nSPS) is 17.3. The van der Waals surface area contributed by atoms with Crippen LogP contribution >= 0.6 is 0 Å². The Morgan fingerprint density at radius 1 is 0.968 bits per heavy atom. The summed E-state index contributed by atoms with van der Waals surface area (Å²) in [6.45, 7) is 1.53. The molecular formula is C24H26FN3O3. The van der Waals surface area contributed by atoms with E-state index in [1.165, 1.54) is 6.07 Å². The van der Waals surface area contributed by atoms with Crippen molar-refractivity contribution in [2.24, 2.45) is 0 Å². The quantitative estimate of drug-likeness (QED) is 0.727. The molecule has 0 bridgehead atoms. The maximum Gasteiger partial charge on any atom is 0.312 e. The van der Waals surface area contributed by atoms with Crippen molar-refractivity contribution in [2.75, 3.05) is 13.1 Å². The maximum atomic E-state index is 13.7. The first kappa shape index (κ1) is 21.0. The van der Waals surface area contributed by atoms with Crippen molar-refractivity contribution in [3.63, 3.8) is 0 Å². The summed E-state index contributed by atoms with van der Waals surface area (Å²) < 4.78 is 13.7. The van der Waals surface area contributed by atoms with Gasteiger partial charge in [-0.1, -0.05) is 43.2 Å². The second-order valence-corrected chi connectivity index (χ2v) is 8.13. The number of carbonyl (C=O) groups is 3. The molecule has 1 saturated carbocycles. The largest absolute Gasteiger partial charge is 0.348 e. The molecule has 0 spiro atoms. The van der Waals surface area contributed by atoms with Crippen LogP contribution < -0.4 is 5.32 Å². The molecule has 2 aromatic carbocycles. The van der Waals surface area contributed by atoms with Crippen molar-refractivity contribution < 1.29 is 18.8 Å². The Morgan fingerprint density at radius 2 is 1.68 bits per heavy atom. The number of rotatable bonds is 6. The Hall–Kier alpha value is -3.22.